The summed E-state index contributed by atoms with van der Waals surface area (Å²) >= 11 is 0. The first kappa shape index (κ1) is 11.7. The third-order valence-corrected chi connectivity index (χ3v) is 2.52. The fourth-order valence-corrected chi connectivity index (χ4v) is 1.90. The molecule has 0 unspecified atom stereocenters. The van der Waals surface area contributed by atoms with Gasteiger partial charge in [-0.1, -0.05) is 0 Å². The van der Waals surface area contributed by atoms with E-state index in [0.717, 1.165) is 12.2 Å². The van der Waals surface area contributed by atoms with Gasteiger partial charge < -0.3 is 15.1 Å². The molecule has 0 radical (unpaired) electrons. The Labute approximate surface area is 99.2 Å². The van der Waals surface area contributed by atoms with Crippen LogP contribution in [0.4, 0.5) is 5.69 Å². The fourth-order valence-electron chi connectivity index (χ4n) is 1.90. The molecule has 2 rings (SSSR count). The molecule has 0 spiro atoms. The van der Waals surface area contributed by atoms with Crippen LogP contribution in [-0.4, -0.2) is 24.1 Å². The van der Waals surface area contributed by atoms with E-state index in [9.17, 15) is 4.79 Å². The van der Waals surface area contributed by atoms with Crippen LogP contribution in [0.5, 0.6) is 0 Å². The van der Waals surface area contributed by atoms with Crippen molar-refractivity contribution in [3.8, 4) is 0 Å². The van der Waals surface area contributed by atoms with Crippen molar-refractivity contribution in [2.45, 2.75) is 19.4 Å². The molecule has 2 aromatic rings. The molecule has 3 N–H and O–H groups in total. The van der Waals surface area contributed by atoms with Gasteiger partial charge >= 0.3 is 5.76 Å². The molecule has 5 nitrogen and oxygen atoms in total. The minimum Gasteiger partial charge on any atom is -0.408 e. The number of aromatic amines is 1. The number of aromatic nitrogens is 1. The Hall–Kier alpha value is -1.75. The highest BCUT2D eigenvalue weighted by Gasteiger charge is 2.16. The molecule has 0 fully saturated rings. The third kappa shape index (κ3) is 2.68. The summed E-state index contributed by atoms with van der Waals surface area (Å²) in [5.41, 5.74) is 2.15. The highest BCUT2D eigenvalue weighted by Crippen LogP contribution is 2.19. The molecule has 1 aromatic carbocycles. The molecule has 0 saturated carbocycles. The van der Waals surface area contributed by atoms with E-state index >= 15 is 0 Å². The summed E-state index contributed by atoms with van der Waals surface area (Å²) in [7, 11) is 1.91. The van der Waals surface area contributed by atoms with E-state index in [0.29, 0.717) is 11.1 Å². The molecular formula is C12H17N3O2. The number of likely N-dealkylation sites (N-methyl/N-ethyl adjacent to an activating group) is 1. The van der Waals surface area contributed by atoms with Gasteiger partial charge in [-0.05, 0) is 33.0 Å². The van der Waals surface area contributed by atoms with Gasteiger partial charge in [0.25, 0.3) is 0 Å². The van der Waals surface area contributed by atoms with Crippen LogP contribution < -0.4 is 16.4 Å². The highest BCUT2D eigenvalue weighted by molar-refractivity contribution is 5.76. The summed E-state index contributed by atoms with van der Waals surface area (Å²) in [6.07, 6.45) is 0. The summed E-state index contributed by atoms with van der Waals surface area (Å²) in [4.78, 5) is 13.6. The minimum absolute atomic E-state index is 0.0704. The molecule has 0 aliphatic heterocycles. The second kappa shape index (κ2) is 4.25. The van der Waals surface area contributed by atoms with Crippen molar-refractivity contribution in [3.05, 3.63) is 28.7 Å². The van der Waals surface area contributed by atoms with Crippen LogP contribution in [-0.2, 0) is 0 Å². The normalized spacial score (nSPS) is 11.9. The predicted octanol–water partition coefficient (Wildman–Crippen LogP) is 1.53. The maximum Gasteiger partial charge on any atom is 0.417 e. The molecule has 5 heteroatoms. The number of hydrogen-bond donors (Lipinski definition) is 3. The molecule has 0 amide bonds. The Kier molecular flexibility index (Phi) is 2.93. The van der Waals surface area contributed by atoms with Crippen LogP contribution in [0.2, 0.25) is 0 Å². The lowest BCUT2D eigenvalue weighted by Crippen LogP contribution is -2.40. The Bertz CT molecular complexity index is 568. The second-order valence-electron chi connectivity index (χ2n) is 4.76. The number of anilines is 1. The van der Waals surface area contributed by atoms with E-state index in [-0.39, 0.29) is 5.54 Å². The maximum atomic E-state index is 11.0. The van der Waals surface area contributed by atoms with Gasteiger partial charge in [0, 0.05) is 23.8 Å². The average Bonchev–Trinajstić information content (AvgIpc) is 2.56. The van der Waals surface area contributed by atoms with Crippen LogP contribution in [0.3, 0.4) is 0 Å². The molecule has 0 aliphatic rings. The van der Waals surface area contributed by atoms with Gasteiger partial charge in [0.1, 0.15) is 0 Å². The largest absolute Gasteiger partial charge is 0.417 e. The van der Waals surface area contributed by atoms with Crippen molar-refractivity contribution >= 4 is 16.8 Å². The van der Waals surface area contributed by atoms with E-state index in [1.54, 1.807) is 0 Å². The van der Waals surface area contributed by atoms with Crippen LogP contribution in [0, 0.1) is 0 Å². The number of fused-ring (bicyclic) bond motifs is 1. The third-order valence-electron chi connectivity index (χ3n) is 2.52. The number of hydrogen-bond acceptors (Lipinski definition) is 4. The Morgan fingerprint density at radius 1 is 1.41 bits per heavy atom. The molecule has 0 atom stereocenters. The second-order valence-corrected chi connectivity index (χ2v) is 4.76. The van der Waals surface area contributed by atoms with E-state index < -0.39 is 5.76 Å². The van der Waals surface area contributed by atoms with Gasteiger partial charge in [-0.15, -0.1) is 0 Å². The van der Waals surface area contributed by atoms with Crippen LogP contribution in [0.25, 0.3) is 11.1 Å². The van der Waals surface area contributed by atoms with E-state index in [1.807, 2.05) is 25.2 Å². The molecule has 0 aliphatic carbocycles. The number of nitrogens with one attached hydrogen (secondary N) is 3. The predicted molar refractivity (Wildman–Crippen MR) is 68.5 cm³/mol. The highest BCUT2D eigenvalue weighted by atomic mass is 16.4. The SMILES string of the molecule is CNCC(C)(C)Nc1ccc2[nH]c(=O)oc2c1. The minimum atomic E-state index is -0.424. The van der Waals surface area contributed by atoms with Gasteiger partial charge in [0.15, 0.2) is 5.58 Å². The summed E-state index contributed by atoms with van der Waals surface area (Å²) in [5.74, 6) is -0.424. The van der Waals surface area contributed by atoms with Crippen molar-refractivity contribution in [1.29, 1.82) is 0 Å². The molecular weight excluding hydrogens is 218 g/mol. The van der Waals surface area contributed by atoms with E-state index in [4.69, 9.17) is 4.42 Å². The summed E-state index contributed by atoms with van der Waals surface area (Å²) in [6, 6.07) is 5.58. The van der Waals surface area contributed by atoms with Crippen molar-refractivity contribution in [2.24, 2.45) is 0 Å². The fraction of sp³-hybridized carbons (Fsp3) is 0.417. The lowest BCUT2D eigenvalue weighted by Gasteiger charge is -2.27. The molecule has 1 heterocycles. The summed E-state index contributed by atoms with van der Waals surface area (Å²) < 4.78 is 5.02. The Morgan fingerprint density at radius 2 is 2.18 bits per heavy atom. The van der Waals surface area contributed by atoms with E-state index in [1.165, 1.54) is 0 Å². The van der Waals surface area contributed by atoms with E-state index in [2.05, 4.69) is 29.5 Å². The van der Waals surface area contributed by atoms with Gasteiger partial charge in [-0.25, -0.2) is 4.79 Å². The molecule has 1 aromatic heterocycles. The van der Waals surface area contributed by atoms with Gasteiger partial charge in [0.05, 0.1) is 5.52 Å². The van der Waals surface area contributed by atoms with Crippen molar-refractivity contribution in [2.75, 3.05) is 18.9 Å². The van der Waals surface area contributed by atoms with Gasteiger partial charge in [0.2, 0.25) is 0 Å². The van der Waals surface area contributed by atoms with Crippen molar-refractivity contribution < 1.29 is 4.42 Å². The maximum absolute atomic E-state index is 11.0. The standard InChI is InChI=1S/C12H17N3O2/c1-12(2,7-13-3)15-8-4-5-9-10(6-8)17-11(16)14-9/h4-6,13,15H,7H2,1-3H3,(H,14,16). The zero-order chi connectivity index (χ0) is 12.5. The number of H-pyrrole nitrogens is 1. The lowest BCUT2D eigenvalue weighted by atomic mass is 10.1. The van der Waals surface area contributed by atoms with Crippen LogP contribution in [0.1, 0.15) is 13.8 Å². The monoisotopic (exact) mass is 235 g/mol. The molecule has 0 saturated heterocycles. The first-order valence-corrected chi connectivity index (χ1v) is 5.56. The van der Waals surface area contributed by atoms with Crippen molar-refractivity contribution in [1.82, 2.24) is 10.3 Å². The Balaban J connectivity index is 2.27. The molecule has 92 valence electrons. The van der Waals surface area contributed by atoms with Crippen LogP contribution >= 0.6 is 0 Å². The number of rotatable bonds is 4. The number of oxazole rings is 1. The molecule has 17 heavy (non-hydrogen) atoms. The zero-order valence-corrected chi connectivity index (χ0v) is 10.3. The van der Waals surface area contributed by atoms with Gasteiger partial charge in [-0.2, -0.15) is 0 Å². The first-order chi connectivity index (χ1) is 8.00. The van der Waals surface area contributed by atoms with Gasteiger partial charge in [-0.3, -0.25) is 4.98 Å². The smallest absolute Gasteiger partial charge is 0.408 e. The quantitative estimate of drug-likeness (QED) is 0.751. The average molecular weight is 235 g/mol. The number of benzene rings is 1. The first-order valence-electron chi connectivity index (χ1n) is 5.56. The molecule has 0 bridgehead atoms. The lowest BCUT2D eigenvalue weighted by molar-refractivity contribution is 0.530. The summed E-state index contributed by atoms with van der Waals surface area (Å²) in [6.45, 7) is 5.03. The Morgan fingerprint density at radius 3 is 2.88 bits per heavy atom. The van der Waals surface area contributed by atoms with Crippen LogP contribution in [0.15, 0.2) is 27.4 Å². The summed E-state index contributed by atoms with van der Waals surface area (Å²) in [5, 5.41) is 6.51. The zero-order valence-electron chi connectivity index (χ0n) is 10.3. The van der Waals surface area contributed by atoms with Crippen molar-refractivity contribution in [3.63, 3.8) is 0 Å². The topological polar surface area (TPSA) is 70.1 Å².